The minimum atomic E-state index is -0.840. The van der Waals surface area contributed by atoms with Crippen LogP contribution in [-0.4, -0.2) is 17.1 Å². The minimum Gasteiger partial charge on any atom is -0.481 e. The van der Waals surface area contributed by atoms with Gasteiger partial charge in [-0.05, 0) is 30.4 Å². The predicted molar refractivity (Wildman–Crippen MR) is 73.7 cm³/mol. The molecule has 18 heavy (non-hydrogen) atoms. The third kappa shape index (κ3) is 4.31. The van der Waals surface area contributed by atoms with Gasteiger partial charge >= 0.3 is 5.97 Å². The van der Waals surface area contributed by atoms with Crippen LogP contribution in [0.5, 0.6) is 0 Å². The van der Waals surface area contributed by atoms with Crippen molar-refractivity contribution in [3.63, 3.8) is 0 Å². The molecule has 4 heteroatoms. The van der Waals surface area contributed by atoms with E-state index < -0.39 is 11.9 Å². The van der Waals surface area contributed by atoms with Crippen LogP contribution >= 0.6 is 11.6 Å². The second-order valence-electron chi connectivity index (χ2n) is 4.93. The van der Waals surface area contributed by atoms with E-state index in [1.807, 2.05) is 24.3 Å². The average Bonchev–Trinajstić information content (AvgIpc) is 2.30. The number of nitrogens with two attached hydrogens (primary N) is 1. The molecule has 3 atom stereocenters. The summed E-state index contributed by atoms with van der Waals surface area (Å²) < 4.78 is 0. The Balaban J connectivity index is 2.54. The molecule has 0 amide bonds. The molecule has 0 aliphatic carbocycles. The van der Waals surface area contributed by atoms with Crippen molar-refractivity contribution in [2.24, 2.45) is 17.6 Å². The number of carbonyl (C=O) groups is 1. The van der Waals surface area contributed by atoms with Crippen molar-refractivity contribution >= 4 is 17.6 Å². The number of rotatable bonds is 6. The first-order valence-corrected chi connectivity index (χ1v) is 6.51. The number of halogens is 1. The number of aliphatic carboxylic acids is 1. The monoisotopic (exact) mass is 269 g/mol. The van der Waals surface area contributed by atoms with E-state index in [9.17, 15) is 4.79 Å². The number of carboxylic acid groups (broad SMARTS) is 1. The number of hydrogen-bond acceptors (Lipinski definition) is 2. The van der Waals surface area contributed by atoms with Gasteiger partial charge in [0.1, 0.15) is 0 Å². The van der Waals surface area contributed by atoms with E-state index in [1.165, 1.54) is 0 Å². The largest absolute Gasteiger partial charge is 0.481 e. The summed E-state index contributed by atoms with van der Waals surface area (Å²) in [5.41, 5.74) is 6.98. The number of benzene rings is 1. The molecule has 3 nitrogen and oxygen atoms in total. The molecular formula is C14H20ClNO2. The zero-order valence-electron chi connectivity index (χ0n) is 10.8. The summed E-state index contributed by atoms with van der Waals surface area (Å²) in [5, 5.41) is 9.65. The maximum atomic E-state index is 10.8. The molecule has 0 aliphatic rings. The van der Waals surface area contributed by atoms with Crippen LogP contribution in [0.4, 0.5) is 0 Å². The van der Waals surface area contributed by atoms with E-state index in [-0.39, 0.29) is 6.04 Å². The van der Waals surface area contributed by atoms with Crippen molar-refractivity contribution in [3.05, 3.63) is 34.9 Å². The van der Waals surface area contributed by atoms with Gasteiger partial charge in [0.05, 0.1) is 5.92 Å². The van der Waals surface area contributed by atoms with Crippen LogP contribution in [0.15, 0.2) is 24.3 Å². The van der Waals surface area contributed by atoms with E-state index >= 15 is 0 Å². The Kier molecular flexibility index (Phi) is 5.63. The summed E-state index contributed by atoms with van der Waals surface area (Å²) in [6, 6.07) is 7.39. The van der Waals surface area contributed by atoms with Gasteiger partial charge in [-0.3, -0.25) is 4.79 Å². The Morgan fingerprint density at radius 3 is 2.56 bits per heavy atom. The van der Waals surface area contributed by atoms with Crippen molar-refractivity contribution in [3.8, 4) is 0 Å². The molecule has 0 aromatic heterocycles. The smallest absolute Gasteiger partial charge is 0.307 e. The standard InChI is InChI=1S/C14H20ClNO2/c1-9(8-13(16)10(2)14(17)18)7-11-5-3-4-6-12(11)15/h3-6,9-10,13H,7-8,16H2,1-2H3,(H,17,18). The lowest BCUT2D eigenvalue weighted by Crippen LogP contribution is -2.35. The van der Waals surface area contributed by atoms with Crippen LogP contribution in [-0.2, 0) is 11.2 Å². The van der Waals surface area contributed by atoms with Crippen LogP contribution < -0.4 is 5.73 Å². The molecule has 0 fully saturated rings. The van der Waals surface area contributed by atoms with E-state index in [0.717, 1.165) is 17.0 Å². The molecule has 0 heterocycles. The van der Waals surface area contributed by atoms with Crippen molar-refractivity contribution in [2.45, 2.75) is 32.7 Å². The first-order valence-electron chi connectivity index (χ1n) is 6.13. The fraction of sp³-hybridized carbons (Fsp3) is 0.500. The highest BCUT2D eigenvalue weighted by Gasteiger charge is 2.22. The van der Waals surface area contributed by atoms with Gasteiger partial charge in [-0.2, -0.15) is 0 Å². The van der Waals surface area contributed by atoms with Crippen LogP contribution in [0.2, 0.25) is 5.02 Å². The normalized spacial score (nSPS) is 16.0. The van der Waals surface area contributed by atoms with Gasteiger partial charge in [0.2, 0.25) is 0 Å². The van der Waals surface area contributed by atoms with Gasteiger partial charge in [-0.25, -0.2) is 0 Å². The highest BCUT2D eigenvalue weighted by atomic mass is 35.5. The van der Waals surface area contributed by atoms with Gasteiger partial charge in [0.25, 0.3) is 0 Å². The average molecular weight is 270 g/mol. The Labute approximate surface area is 113 Å². The minimum absolute atomic E-state index is 0.307. The zero-order chi connectivity index (χ0) is 13.7. The van der Waals surface area contributed by atoms with E-state index in [1.54, 1.807) is 6.92 Å². The Morgan fingerprint density at radius 2 is 2.00 bits per heavy atom. The predicted octanol–water partition coefficient (Wildman–Crippen LogP) is 2.96. The SMILES string of the molecule is CC(Cc1ccccc1Cl)CC(N)C(C)C(=O)O. The Hall–Kier alpha value is -1.06. The summed E-state index contributed by atoms with van der Waals surface area (Å²) in [6.45, 7) is 3.72. The maximum absolute atomic E-state index is 10.8. The molecule has 100 valence electrons. The first-order chi connectivity index (χ1) is 8.41. The summed E-state index contributed by atoms with van der Waals surface area (Å²) in [5.74, 6) is -1.05. The topological polar surface area (TPSA) is 63.3 Å². The fourth-order valence-electron chi connectivity index (χ4n) is 1.97. The Morgan fingerprint density at radius 1 is 1.39 bits per heavy atom. The second kappa shape index (κ2) is 6.76. The highest BCUT2D eigenvalue weighted by Crippen LogP contribution is 2.22. The third-order valence-corrected chi connectivity index (χ3v) is 3.60. The first kappa shape index (κ1) is 15.0. The highest BCUT2D eigenvalue weighted by molar-refractivity contribution is 6.31. The van der Waals surface area contributed by atoms with Crippen molar-refractivity contribution in [1.82, 2.24) is 0 Å². The van der Waals surface area contributed by atoms with E-state index in [4.69, 9.17) is 22.4 Å². The van der Waals surface area contributed by atoms with Gasteiger partial charge in [-0.1, -0.05) is 43.6 Å². The summed E-state index contributed by atoms with van der Waals surface area (Å²) in [7, 11) is 0. The van der Waals surface area contributed by atoms with Crippen LogP contribution in [0.3, 0.4) is 0 Å². The zero-order valence-corrected chi connectivity index (χ0v) is 11.5. The molecule has 0 saturated carbocycles. The van der Waals surface area contributed by atoms with Crippen LogP contribution in [0.25, 0.3) is 0 Å². The number of hydrogen-bond donors (Lipinski definition) is 2. The van der Waals surface area contributed by atoms with Gasteiger partial charge in [-0.15, -0.1) is 0 Å². The maximum Gasteiger partial charge on any atom is 0.307 e. The Bertz CT molecular complexity index is 409. The molecule has 3 N–H and O–H groups in total. The van der Waals surface area contributed by atoms with Crippen molar-refractivity contribution < 1.29 is 9.90 Å². The lowest BCUT2D eigenvalue weighted by molar-refractivity contribution is -0.141. The fourth-order valence-corrected chi connectivity index (χ4v) is 2.19. The molecule has 0 radical (unpaired) electrons. The van der Waals surface area contributed by atoms with Crippen LogP contribution in [0.1, 0.15) is 25.8 Å². The van der Waals surface area contributed by atoms with Gasteiger partial charge in [0.15, 0.2) is 0 Å². The van der Waals surface area contributed by atoms with Crippen molar-refractivity contribution in [1.29, 1.82) is 0 Å². The van der Waals surface area contributed by atoms with E-state index in [0.29, 0.717) is 12.3 Å². The molecule has 1 aromatic carbocycles. The molecule has 1 rings (SSSR count). The summed E-state index contributed by atoms with van der Waals surface area (Å²) in [4.78, 5) is 10.8. The summed E-state index contributed by atoms with van der Waals surface area (Å²) in [6.07, 6.45) is 1.50. The van der Waals surface area contributed by atoms with Crippen LogP contribution in [0, 0.1) is 11.8 Å². The van der Waals surface area contributed by atoms with Gasteiger partial charge < -0.3 is 10.8 Å². The molecule has 0 aliphatic heterocycles. The third-order valence-electron chi connectivity index (χ3n) is 3.23. The lowest BCUT2D eigenvalue weighted by Gasteiger charge is -2.20. The quantitative estimate of drug-likeness (QED) is 0.835. The number of carboxylic acids is 1. The molecule has 0 saturated heterocycles. The molecule has 0 bridgehead atoms. The van der Waals surface area contributed by atoms with Crippen molar-refractivity contribution in [2.75, 3.05) is 0 Å². The van der Waals surface area contributed by atoms with Gasteiger partial charge in [0, 0.05) is 11.1 Å². The second-order valence-corrected chi connectivity index (χ2v) is 5.33. The van der Waals surface area contributed by atoms with E-state index in [2.05, 4.69) is 6.92 Å². The molecular weight excluding hydrogens is 250 g/mol. The molecule has 0 spiro atoms. The molecule has 3 unspecified atom stereocenters. The summed E-state index contributed by atoms with van der Waals surface area (Å²) >= 11 is 6.09. The molecule has 1 aromatic rings. The lowest BCUT2D eigenvalue weighted by atomic mass is 9.89.